The fourth-order valence-electron chi connectivity index (χ4n) is 2.48. The molecule has 0 saturated heterocycles. The van der Waals surface area contributed by atoms with Crippen LogP contribution in [0, 0.1) is 11.3 Å². The standard InChI is InChI=1S/C18H15ClN4/c1-22(17-10-13(12-20)8-9-15(17)19)18-11-16(21-23(18)2)14-6-4-3-5-7-14/h3-11H,1-2H3. The van der Waals surface area contributed by atoms with Crippen LogP contribution < -0.4 is 4.90 Å². The minimum atomic E-state index is 0.571. The van der Waals surface area contributed by atoms with Gasteiger partial charge in [0.15, 0.2) is 0 Å². The third kappa shape index (κ3) is 2.92. The first-order valence-corrected chi connectivity index (χ1v) is 7.51. The highest BCUT2D eigenvalue weighted by Crippen LogP contribution is 2.33. The molecular formula is C18H15ClN4. The molecule has 0 N–H and O–H groups in total. The molecule has 114 valence electrons. The van der Waals surface area contributed by atoms with Gasteiger partial charge in [0.2, 0.25) is 0 Å². The van der Waals surface area contributed by atoms with Gasteiger partial charge < -0.3 is 4.90 Å². The van der Waals surface area contributed by atoms with E-state index in [1.807, 2.05) is 55.4 Å². The van der Waals surface area contributed by atoms with Crippen LogP contribution >= 0.6 is 11.6 Å². The summed E-state index contributed by atoms with van der Waals surface area (Å²) in [5.74, 6) is 0.890. The van der Waals surface area contributed by atoms with Gasteiger partial charge in [0.1, 0.15) is 5.82 Å². The highest BCUT2D eigenvalue weighted by Gasteiger charge is 2.15. The molecule has 0 amide bonds. The quantitative estimate of drug-likeness (QED) is 0.718. The van der Waals surface area contributed by atoms with Crippen LogP contribution in [0.25, 0.3) is 11.3 Å². The number of hydrogen-bond donors (Lipinski definition) is 0. The molecule has 1 heterocycles. The molecule has 23 heavy (non-hydrogen) atoms. The van der Waals surface area contributed by atoms with Crippen LogP contribution in [0.2, 0.25) is 5.02 Å². The van der Waals surface area contributed by atoms with Crippen LogP contribution in [0.5, 0.6) is 0 Å². The molecule has 2 aromatic carbocycles. The minimum Gasteiger partial charge on any atom is -0.328 e. The molecule has 3 rings (SSSR count). The first kappa shape index (κ1) is 15.1. The number of halogens is 1. The van der Waals surface area contributed by atoms with Crippen molar-refractivity contribution in [2.45, 2.75) is 0 Å². The predicted molar refractivity (Wildman–Crippen MR) is 92.9 cm³/mol. The van der Waals surface area contributed by atoms with Gasteiger partial charge in [0, 0.05) is 25.7 Å². The normalized spacial score (nSPS) is 10.3. The summed E-state index contributed by atoms with van der Waals surface area (Å²) in [5, 5.41) is 14.2. The first-order chi connectivity index (χ1) is 11.1. The third-order valence-corrected chi connectivity index (χ3v) is 4.02. The van der Waals surface area contributed by atoms with Gasteiger partial charge >= 0.3 is 0 Å². The Morgan fingerprint density at radius 1 is 1.13 bits per heavy atom. The summed E-state index contributed by atoms with van der Waals surface area (Å²) >= 11 is 6.29. The third-order valence-electron chi connectivity index (χ3n) is 3.70. The van der Waals surface area contributed by atoms with Gasteiger partial charge in [-0.3, -0.25) is 4.68 Å². The van der Waals surface area contributed by atoms with E-state index in [0.29, 0.717) is 10.6 Å². The number of aryl methyl sites for hydroxylation is 1. The minimum absolute atomic E-state index is 0.571. The monoisotopic (exact) mass is 322 g/mol. The molecule has 0 saturated carbocycles. The topological polar surface area (TPSA) is 44.9 Å². The van der Waals surface area contributed by atoms with E-state index in [9.17, 15) is 0 Å². The molecule has 4 nitrogen and oxygen atoms in total. The van der Waals surface area contributed by atoms with E-state index in [4.69, 9.17) is 16.9 Å². The molecule has 1 aromatic heterocycles. The smallest absolute Gasteiger partial charge is 0.131 e. The second-order valence-corrected chi connectivity index (χ2v) is 5.62. The zero-order valence-electron chi connectivity index (χ0n) is 12.9. The van der Waals surface area contributed by atoms with Gasteiger partial charge in [-0.1, -0.05) is 41.9 Å². The summed E-state index contributed by atoms with van der Waals surface area (Å²) in [7, 11) is 3.80. The van der Waals surface area contributed by atoms with Gasteiger partial charge in [0.05, 0.1) is 28.0 Å². The van der Waals surface area contributed by atoms with E-state index in [1.165, 1.54) is 0 Å². The van der Waals surface area contributed by atoms with E-state index in [1.54, 1.807) is 22.9 Å². The van der Waals surface area contributed by atoms with Gasteiger partial charge in [-0.25, -0.2) is 0 Å². The van der Waals surface area contributed by atoms with Crippen molar-refractivity contribution in [2.75, 3.05) is 11.9 Å². The number of benzene rings is 2. The van der Waals surface area contributed by atoms with E-state index >= 15 is 0 Å². The fourth-order valence-corrected chi connectivity index (χ4v) is 2.73. The molecule has 3 aromatic rings. The van der Waals surface area contributed by atoms with E-state index in [2.05, 4.69) is 11.2 Å². The average Bonchev–Trinajstić information content (AvgIpc) is 2.97. The van der Waals surface area contributed by atoms with Gasteiger partial charge in [-0.2, -0.15) is 10.4 Å². The van der Waals surface area contributed by atoms with Crippen LogP contribution in [0.3, 0.4) is 0 Å². The maximum absolute atomic E-state index is 9.08. The molecule has 0 aliphatic carbocycles. The van der Waals surface area contributed by atoms with Gasteiger partial charge in [0.25, 0.3) is 0 Å². The number of hydrogen-bond acceptors (Lipinski definition) is 3. The van der Waals surface area contributed by atoms with Crippen LogP contribution in [-0.4, -0.2) is 16.8 Å². The van der Waals surface area contributed by atoms with Crippen molar-refractivity contribution < 1.29 is 0 Å². The number of rotatable bonds is 3. The van der Waals surface area contributed by atoms with Crippen molar-refractivity contribution in [3.63, 3.8) is 0 Å². The van der Waals surface area contributed by atoms with Crippen LogP contribution in [0.1, 0.15) is 5.56 Å². The van der Waals surface area contributed by atoms with Gasteiger partial charge in [-0.15, -0.1) is 0 Å². The Morgan fingerprint density at radius 2 is 1.87 bits per heavy atom. The number of anilines is 2. The lowest BCUT2D eigenvalue weighted by atomic mass is 10.1. The lowest BCUT2D eigenvalue weighted by Crippen LogP contribution is -2.14. The van der Waals surface area contributed by atoms with E-state index < -0.39 is 0 Å². The van der Waals surface area contributed by atoms with Crippen LogP contribution in [0.4, 0.5) is 11.5 Å². The lowest BCUT2D eigenvalue weighted by molar-refractivity contribution is 0.763. The van der Waals surface area contributed by atoms with Crippen molar-refractivity contribution in [3.05, 3.63) is 65.2 Å². The Labute approximate surface area is 140 Å². The Hall–Kier alpha value is -2.77. The molecule has 0 aliphatic rings. The van der Waals surface area contributed by atoms with Crippen LogP contribution in [-0.2, 0) is 7.05 Å². The second kappa shape index (κ2) is 6.15. The Bertz CT molecular complexity index is 878. The zero-order chi connectivity index (χ0) is 16.4. The van der Waals surface area contributed by atoms with Crippen molar-refractivity contribution in [2.24, 2.45) is 7.05 Å². The number of nitrogens with zero attached hydrogens (tertiary/aromatic N) is 4. The maximum atomic E-state index is 9.08. The van der Waals surface area contributed by atoms with E-state index in [-0.39, 0.29) is 0 Å². The number of aromatic nitrogens is 2. The second-order valence-electron chi connectivity index (χ2n) is 5.21. The van der Waals surface area contributed by atoms with Crippen molar-refractivity contribution in [1.82, 2.24) is 9.78 Å². The van der Waals surface area contributed by atoms with Crippen molar-refractivity contribution >= 4 is 23.1 Å². The molecule has 0 fully saturated rings. The summed E-state index contributed by atoms with van der Waals surface area (Å²) in [6.07, 6.45) is 0. The maximum Gasteiger partial charge on any atom is 0.131 e. The molecule has 5 heteroatoms. The molecule has 0 spiro atoms. The SMILES string of the molecule is CN(c1cc(C#N)ccc1Cl)c1cc(-c2ccccc2)nn1C. The largest absolute Gasteiger partial charge is 0.328 e. The Morgan fingerprint density at radius 3 is 2.57 bits per heavy atom. The highest BCUT2D eigenvalue weighted by molar-refractivity contribution is 6.33. The zero-order valence-corrected chi connectivity index (χ0v) is 13.6. The lowest BCUT2D eigenvalue weighted by Gasteiger charge is -2.20. The van der Waals surface area contributed by atoms with Crippen LogP contribution in [0.15, 0.2) is 54.6 Å². The summed E-state index contributed by atoms with van der Waals surface area (Å²) in [4.78, 5) is 1.93. The summed E-state index contributed by atoms with van der Waals surface area (Å²) in [5.41, 5.74) is 3.29. The molecular weight excluding hydrogens is 308 g/mol. The Kier molecular flexibility index (Phi) is 4.05. The molecule has 0 aliphatic heterocycles. The van der Waals surface area contributed by atoms with E-state index in [0.717, 1.165) is 22.8 Å². The van der Waals surface area contributed by atoms with Gasteiger partial charge in [-0.05, 0) is 18.2 Å². The Balaban J connectivity index is 2.03. The highest BCUT2D eigenvalue weighted by atomic mass is 35.5. The molecule has 0 unspecified atom stereocenters. The number of nitriles is 1. The summed E-state index contributed by atoms with van der Waals surface area (Å²) < 4.78 is 1.80. The average molecular weight is 323 g/mol. The predicted octanol–water partition coefficient (Wildman–Crippen LogP) is 4.38. The first-order valence-electron chi connectivity index (χ1n) is 7.13. The molecule has 0 atom stereocenters. The molecule has 0 bridgehead atoms. The fraction of sp³-hybridized carbons (Fsp3) is 0.111. The molecule has 0 radical (unpaired) electrons. The van der Waals surface area contributed by atoms with Crippen molar-refractivity contribution in [3.8, 4) is 17.3 Å². The summed E-state index contributed by atoms with van der Waals surface area (Å²) in [6.45, 7) is 0. The van der Waals surface area contributed by atoms with Crippen molar-refractivity contribution in [1.29, 1.82) is 5.26 Å². The summed E-state index contributed by atoms with van der Waals surface area (Å²) in [6, 6.07) is 19.4.